The highest BCUT2D eigenvalue weighted by molar-refractivity contribution is 8.01. The van der Waals surface area contributed by atoms with E-state index in [9.17, 15) is 5.11 Å². The highest BCUT2D eigenvalue weighted by atomic mass is 32.2. The fourth-order valence-corrected chi connectivity index (χ4v) is 4.25. The van der Waals surface area contributed by atoms with E-state index in [0.717, 1.165) is 15.5 Å². The Bertz CT molecular complexity index is 697. The zero-order chi connectivity index (χ0) is 15.4. The van der Waals surface area contributed by atoms with E-state index in [1.165, 1.54) is 4.70 Å². The molecule has 0 radical (unpaired) electrons. The molecule has 1 atom stereocenters. The van der Waals surface area contributed by atoms with Crippen molar-refractivity contribution >= 4 is 39.0 Å². The quantitative estimate of drug-likeness (QED) is 0.696. The lowest BCUT2D eigenvalue weighted by Crippen LogP contribution is -2.30. The van der Waals surface area contributed by atoms with Gasteiger partial charge >= 0.3 is 0 Å². The summed E-state index contributed by atoms with van der Waals surface area (Å²) in [6.07, 6.45) is -0.387. The number of fused-ring (bicyclic) bond motifs is 1. The maximum Gasteiger partial charge on any atom is 0.151 e. The molecule has 0 saturated carbocycles. The minimum atomic E-state index is -0.387. The van der Waals surface area contributed by atoms with Crippen LogP contribution in [-0.2, 0) is 0 Å². The Balaban J connectivity index is 1.54. The summed E-state index contributed by atoms with van der Waals surface area (Å²) >= 11 is 3.30. The SMILES string of the molecule is CN(CC(O)CSc1nc2ccccc2s1)c1ccccc1. The molecule has 5 heteroatoms. The minimum absolute atomic E-state index is 0.387. The molecule has 1 aromatic heterocycles. The van der Waals surface area contributed by atoms with Crippen LogP contribution in [0.5, 0.6) is 0 Å². The number of rotatable bonds is 6. The van der Waals surface area contributed by atoms with Crippen LogP contribution in [0.2, 0.25) is 0 Å². The summed E-state index contributed by atoms with van der Waals surface area (Å²) in [5, 5.41) is 10.2. The highest BCUT2D eigenvalue weighted by Crippen LogP contribution is 2.29. The summed E-state index contributed by atoms with van der Waals surface area (Å²) in [7, 11) is 2.00. The fraction of sp³-hybridized carbons (Fsp3) is 0.235. The molecular formula is C17H18N2OS2. The lowest BCUT2D eigenvalue weighted by Gasteiger charge is -2.22. The largest absolute Gasteiger partial charge is 0.390 e. The van der Waals surface area contributed by atoms with E-state index in [2.05, 4.69) is 16.0 Å². The number of aromatic nitrogens is 1. The third kappa shape index (κ3) is 3.80. The van der Waals surface area contributed by atoms with Crippen LogP contribution in [0.3, 0.4) is 0 Å². The first-order valence-corrected chi connectivity index (χ1v) is 8.95. The zero-order valence-electron chi connectivity index (χ0n) is 12.3. The molecule has 0 fully saturated rings. The average molecular weight is 330 g/mol. The van der Waals surface area contributed by atoms with Crippen LogP contribution in [-0.4, -0.2) is 35.5 Å². The Labute approximate surface area is 138 Å². The van der Waals surface area contributed by atoms with Crippen LogP contribution < -0.4 is 4.90 Å². The Morgan fingerprint density at radius 1 is 1.14 bits per heavy atom. The van der Waals surface area contributed by atoms with Gasteiger partial charge in [0, 0.05) is 25.0 Å². The first-order chi connectivity index (χ1) is 10.7. The van der Waals surface area contributed by atoms with Crippen molar-refractivity contribution in [1.29, 1.82) is 0 Å². The molecule has 22 heavy (non-hydrogen) atoms. The number of hydrogen-bond donors (Lipinski definition) is 1. The second kappa shape index (κ2) is 7.13. The average Bonchev–Trinajstić information content (AvgIpc) is 2.96. The Hall–Kier alpha value is -1.56. The Kier molecular flexibility index (Phi) is 4.97. The number of thioether (sulfide) groups is 1. The van der Waals surface area contributed by atoms with E-state index in [0.29, 0.717) is 12.3 Å². The molecule has 0 aliphatic rings. The second-order valence-corrected chi connectivity index (χ2v) is 7.43. The molecule has 0 spiro atoms. The van der Waals surface area contributed by atoms with Crippen molar-refractivity contribution in [1.82, 2.24) is 4.98 Å². The monoisotopic (exact) mass is 330 g/mol. The van der Waals surface area contributed by atoms with Gasteiger partial charge in [0.15, 0.2) is 4.34 Å². The number of aliphatic hydroxyl groups excluding tert-OH is 1. The summed E-state index contributed by atoms with van der Waals surface area (Å²) < 4.78 is 2.21. The number of likely N-dealkylation sites (N-methyl/N-ethyl adjacent to an activating group) is 1. The number of thiazole rings is 1. The summed E-state index contributed by atoms with van der Waals surface area (Å²) in [6, 6.07) is 18.2. The zero-order valence-corrected chi connectivity index (χ0v) is 14.0. The number of para-hydroxylation sites is 2. The standard InChI is InChI=1S/C17H18N2OS2/c1-19(13-7-3-2-4-8-13)11-14(20)12-21-17-18-15-9-5-6-10-16(15)22-17/h2-10,14,20H,11-12H2,1H3. The van der Waals surface area contributed by atoms with Gasteiger partial charge in [0.2, 0.25) is 0 Å². The van der Waals surface area contributed by atoms with Crippen LogP contribution in [0.1, 0.15) is 0 Å². The van der Waals surface area contributed by atoms with Crippen molar-refractivity contribution in [3.63, 3.8) is 0 Å². The maximum absolute atomic E-state index is 10.2. The fourth-order valence-electron chi connectivity index (χ4n) is 2.24. The third-order valence-electron chi connectivity index (χ3n) is 3.36. The lowest BCUT2D eigenvalue weighted by atomic mass is 10.3. The van der Waals surface area contributed by atoms with Crippen LogP contribution in [0.25, 0.3) is 10.2 Å². The molecular weight excluding hydrogens is 312 g/mol. The number of aliphatic hydroxyl groups is 1. The molecule has 1 heterocycles. The minimum Gasteiger partial charge on any atom is -0.390 e. The number of nitrogens with zero attached hydrogens (tertiary/aromatic N) is 2. The molecule has 0 saturated heterocycles. The van der Waals surface area contributed by atoms with Crippen molar-refractivity contribution in [3.05, 3.63) is 54.6 Å². The van der Waals surface area contributed by atoms with Gasteiger partial charge in [0.1, 0.15) is 0 Å². The van der Waals surface area contributed by atoms with E-state index < -0.39 is 0 Å². The molecule has 3 nitrogen and oxygen atoms in total. The molecule has 1 N–H and O–H groups in total. The number of hydrogen-bond acceptors (Lipinski definition) is 5. The topological polar surface area (TPSA) is 36.4 Å². The van der Waals surface area contributed by atoms with E-state index in [1.54, 1.807) is 23.1 Å². The Morgan fingerprint density at radius 3 is 2.64 bits per heavy atom. The summed E-state index contributed by atoms with van der Waals surface area (Å²) in [5.74, 6) is 0.650. The van der Waals surface area contributed by atoms with Gasteiger partial charge in [-0.15, -0.1) is 11.3 Å². The van der Waals surface area contributed by atoms with E-state index in [-0.39, 0.29) is 6.10 Å². The highest BCUT2D eigenvalue weighted by Gasteiger charge is 2.11. The van der Waals surface area contributed by atoms with Gasteiger partial charge in [-0.25, -0.2) is 4.98 Å². The van der Waals surface area contributed by atoms with Gasteiger partial charge < -0.3 is 10.0 Å². The molecule has 3 aromatic rings. The predicted molar refractivity (Wildman–Crippen MR) is 96.1 cm³/mol. The van der Waals surface area contributed by atoms with Crippen LogP contribution in [0, 0.1) is 0 Å². The van der Waals surface area contributed by atoms with Gasteiger partial charge in [-0.2, -0.15) is 0 Å². The predicted octanol–water partition coefficient (Wildman–Crippen LogP) is 3.89. The lowest BCUT2D eigenvalue weighted by molar-refractivity contribution is 0.206. The molecule has 2 aromatic carbocycles. The van der Waals surface area contributed by atoms with E-state index >= 15 is 0 Å². The normalized spacial score (nSPS) is 12.5. The molecule has 1 unspecified atom stereocenters. The van der Waals surface area contributed by atoms with Gasteiger partial charge in [0.25, 0.3) is 0 Å². The first-order valence-electron chi connectivity index (χ1n) is 7.15. The second-order valence-electron chi connectivity index (χ2n) is 5.13. The van der Waals surface area contributed by atoms with Gasteiger partial charge in [0.05, 0.1) is 16.3 Å². The van der Waals surface area contributed by atoms with Crippen molar-refractivity contribution in [2.24, 2.45) is 0 Å². The Morgan fingerprint density at radius 2 is 1.86 bits per heavy atom. The number of benzene rings is 2. The van der Waals surface area contributed by atoms with Crippen molar-refractivity contribution < 1.29 is 5.11 Å². The van der Waals surface area contributed by atoms with E-state index in [1.807, 2.05) is 55.6 Å². The van der Waals surface area contributed by atoms with Gasteiger partial charge in [-0.3, -0.25) is 0 Å². The molecule has 114 valence electrons. The first kappa shape index (κ1) is 15.3. The molecule has 0 aliphatic carbocycles. The maximum atomic E-state index is 10.2. The smallest absolute Gasteiger partial charge is 0.151 e. The van der Waals surface area contributed by atoms with Crippen molar-refractivity contribution in [3.8, 4) is 0 Å². The van der Waals surface area contributed by atoms with Crippen LogP contribution >= 0.6 is 23.1 Å². The number of anilines is 1. The summed E-state index contributed by atoms with van der Waals surface area (Å²) in [6.45, 7) is 0.613. The van der Waals surface area contributed by atoms with Crippen molar-refractivity contribution in [2.75, 3.05) is 24.2 Å². The van der Waals surface area contributed by atoms with Crippen LogP contribution in [0.15, 0.2) is 58.9 Å². The van der Waals surface area contributed by atoms with Gasteiger partial charge in [-0.1, -0.05) is 42.1 Å². The van der Waals surface area contributed by atoms with Gasteiger partial charge in [-0.05, 0) is 24.3 Å². The summed E-state index contributed by atoms with van der Waals surface area (Å²) in [4.78, 5) is 6.65. The third-order valence-corrected chi connectivity index (χ3v) is 5.68. The molecule has 3 rings (SSSR count). The molecule has 0 amide bonds. The molecule has 0 aliphatic heterocycles. The molecule has 0 bridgehead atoms. The van der Waals surface area contributed by atoms with Crippen molar-refractivity contribution in [2.45, 2.75) is 10.4 Å². The van der Waals surface area contributed by atoms with Crippen LogP contribution in [0.4, 0.5) is 5.69 Å². The summed E-state index contributed by atoms with van der Waals surface area (Å²) in [5.41, 5.74) is 2.15. The van der Waals surface area contributed by atoms with E-state index in [4.69, 9.17) is 0 Å².